The number of nitrogens with two attached hydrogens (primary N) is 1. The molecule has 41 heavy (non-hydrogen) atoms. The van der Waals surface area contributed by atoms with Crippen LogP contribution in [0.25, 0.3) is 11.3 Å². The van der Waals surface area contributed by atoms with Crippen LogP contribution in [-0.2, 0) is 9.59 Å². The number of nitrogen functional groups attached to an aromatic ring is 1. The zero-order valence-electron chi connectivity index (χ0n) is 23.0. The molecule has 9 nitrogen and oxygen atoms in total. The second kappa shape index (κ2) is 12.9. The third-order valence-corrected chi connectivity index (χ3v) is 8.22. The number of carbonyl (C=O) groups is 2. The molecule has 13 heteroatoms. The fourth-order valence-corrected chi connectivity index (χ4v) is 6.18. The molecule has 0 spiro atoms. The van der Waals surface area contributed by atoms with Crippen LogP contribution in [0.1, 0.15) is 12.5 Å². The van der Waals surface area contributed by atoms with E-state index >= 15 is 0 Å². The molecule has 3 heterocycles. The fourth-order valence-electron chi connectivity index (χ4n) is 4.94. The minimum absolute atomic E-state index is 0.0999. The lowest BCUT2D eigenvalue weighted by Gasteiger charge is -2.41. The third-order valence-electron chi connectivity index (χ3n) is 6.87. The zero-order chi connectivity index (χ0) is 29.8. The number of anilines is 3. The summed E-state index contributed by atoms with van der Waals surface area (Å²) in [4.78, 5) is 45.1. The van der Waals surface area contributed by atoms with Crippen molar-refractivity contribution in [3.63, 3.8) is 0 Å². The van der Waals surface area contributed by atoms with Gasteiger partial charge in [-0.3, -0.25) is 19.5 Å². The summed E-state index contributed by atoms with van der Waals surface area (Å²) in [5.41, 5.74) is 9.26. The van der Waals surface area contributed by atoms with Crippen LogP contribution in [0.5, 0.6) is 0 Å². The van der Waals surface area contributed by atoms with Crippen molar-refractivity contribution in [3.8, 4) is 11.3 Å². The number of benzene rings is 1. The highest BCUT2D eigenvalue weighted by Gasteiger charge is 2.32. The first kappa shape index (κ1) is 30.4. The van der Waals surface area contributed by atoms with E-state index in [2.05, 4.69) is 37.4 Å². The number of thioether (sulfide) groups is 1. The molecular weight excluding hydrogens is 600 g/mol. The van der Waals surface area contributed by atoms with Gasteiger partial charge in [0.05, 0.1) is 16.9 Å². The monoisotopic (exact) mass is 627 g/mol. The summed E-state index contributed by atoms with van der Waals surface area (Å²) in [6.45, 7) is 7.06. The highest BCUT2D eigenvalue weighted by molar-refractivity contribution is 9.10. The first-order valence-electron chi connectivity index (χ1n) is 12.7. The van der Waals surface area contributed by atoms with Gasteiger partial charge in [0.1, 0.15) is 26.1 Å². The van der Waals surface area contributed by atoms with Crippen LogP contribution in [0, 0.1) is 0 Å². The van der Waals surface area contributed by atoms with Crippen LogP contribution in [0.4, 0.5) is 17.2 Å². The second-order valence-corrected chi connectivity index (χ2v) is 10.9. The minimum atomic E-state index is -0.126. The molecule has 1 aliphatic heterocycles. The molecule has 1 aliphatic rings. The Bertz CT molecular complexity index is 1520. The maximum Gasteiger partial charge on any atom is 0.246 e. The first-order chi connectivity index (χ1) is 19.7. The molecule has 4 rings (SSSR count). The van der Waals surface area contributed by atoms with Crippen LogP contribution >= 0.6 is 27.7 Å². The van der Waals surface area contributed by atoms with Crippen molar-refractivity contribution in [3.05, 3.63) is 59.4 Å². The number of aliphatic imine (C=N–C) groups is 1. The van der Waals surface area contributed by atoms with E-state index in [4.69, 9.17) is 26.4 Å². The van der Waals surface area contributed by atoms with Crippen molar-refractivity contribution in [2.24, 2.45) is 4.99 Å². The molecule has 3 aromatic rings. The maximum atomic E-state index is 12.9. The Hall–Kier alpha value is -3.57. The molecule has 1 saturated heterocycles. The Morgan fingerprint density at radius 1 is 1.29 bits per heavy atom. The summed E-state index contributed by atoms with van der Waals surface area (Å²) in [5.74, 6) is 0.711. The normalized spacial score (nSPS) is 15.5. The fraction of sp³-hybridized carbons (Fsp3) is 0.250. The summed E-state index contributed by atoms with van der Waals surface area (Å²) in [5, 5.41) is 0. The molecule has 2 amide bonds. The first-order valence-corrected chi connectivity index (χ1v) is 14.7. The Balaban J connectivity index is 1.96. The van der Waals surface area contributed by atoms with E-state index in [0.29, 0.717) is 75.6 Å². The zero-order valence-corrected chi connectivity index (χ0v) is 25.4. The number of piperazine rings is 1. The van der Waals surface area contributed by atoms with Gasteiger partial charge in [-0.2, -0.15) is 0 Å². The lowest BCUT2D eigenvalue weighted by Crippen LogP contribution is -2.55. The summed E-state index contributed by atoms with van der Waals surface area (Å²) in [7, 11) is 14.6. The number of rotatable bonds is 7. The molecule has 0 saturated carbocycles. The predicted octanol–water partition coefficient (Wildman–Crippen LogP) is 2.19. The number of hydrogen-bond acceptors (Lipinski definition) is 7. The van der Waals surface area contributed by atoms with E-state index < -0.39 is 0 Å². The number of pyridine rings is 2. The molecule has 1 atom stereocenters. The van der Waals surface area contributed by atoms with Crippen LogP contribution in [0.15, 0.2) is 63.7 Å². The van der Waals surface area contributed by atoms with Crippen LogP contribution in [0.3, 0.4) is 0 Å². The Kier molecular flexibility index (Phi) is 9.60. The Labute approximate surface area is 255 Å². The van der Waals surface area contributed by atoms with Gasteiger partial charge < -0.3 is 15.5 Å². The second-order valence-electron chi connectivity index (χ2n) is 9.31. The molecule has 1 fully saturated rings. The highest BCUT2D eigenvalue weighted by Crippen LogP contribution is 2.39. The average Bonchev–Trinajstić information content (AvgIpc) is 2.96. The number of carbonyl (C=O) groups excluding carboxylic acids is 2. The van der Waals surface area contributed by atoms with E-state index in [-0.39, 0.29) is 17.8 Å². The summed E-state index contributed by atoms with van der Waals surface area (Å²) >= 11 is 4.98. The van der Waals surface area contributed by atoms with Gasteiger partial charge in [-0.15, -0.1) is 11.8 Å². The topological polar surface area (TPSA) is 108 Å². The van der Waals surface area contributed by atoms with Crippen molar-refractivity contribution in [1.82, 2.24) is 19.8 Å². The van der Waals surface area contributed by atoms with Gasteiger partial charge >= 0.3 is 0 Å². The quantitative estimate of drug-likeness (QED) is 0.0625. The van der Waals surface area contributed by atoms with Crippen LogP contribution < -0.4 is 21.6 Å². The van der Waals surface area contributed by atoms with Crippen molar-refractivity contribution in [1.29, 1.82) is 0 Å². The molecule has 2 N–H and O–H groups in total. The molecule has 0 bridgehead atoms. The van der Waals surface area contributed by atoms with Gasteiger partial charge in [0.15, 0.2) is 5.82 Å². The number of aromatic nitrogens is 2. The lowest BCUT2D eigenvalue weighted by molar-refractivity contribution is -0.128. The molecule has 206 valence electrons. The molecule has 2 aromatic heterocycles. The molecule has 0 aliphatic carbocycles. The number of halogens is 1. The minimum Gasteiger partial charge on any atom is -0.398 e. The molecule has 1 aromatic carbocycles. The van der Waals surface area contributed by atoms with Crippen molar-refractivity contribution >= 4 is 89.7 Å². The smallest absolute Gasteiger partial charge is 0.246 e. The standard InChI is InChI=1S/C28H28B2BrN7O2S/c1-5-22(40)36-11-12-37(16(2)14-36)27(33-3)17-13-19(30)24(23-18(29)7-6-8-20(23)32)35-28(17)38(15-39)25-21(41-4)9-10-34-26(25)31/h5-10,13,15-16H,1,11-12,14,32H2,2-4H3. The molecule has 4 radical (unpaired) electrons. The Morgan fingerprint density at radius 2 is 2.05 bits per heavy atom. The van der Waals surface area contributed by atoms with Gasteiger partial charge in [-0.05, 0) is 47.3 Å². The average molecular weight is 628 g/mol. The third kappa shape index (κ3) is 5.92. The number of hydrogen-bond donors (Lipinski definition) is 1. The largest absolute Gasteiger partial charge is 0.398 e. The van der Waals surface area contributed by atoms with Crippen LogP contribution in [0.2, 0.25) is 0 Å². The van der Waals surface area contributed by atoms with Gasteiger partial charge in [0, 0.05) is 55.1 Å². The highest BCUT2D eigenvalue weighted by atomic mass is 79.9. The summed E-state index contributed by atoms with van der Waals surface area (Å²) in [6.07, 6.45) is 5.56. The summed E-state index contributed by atoms with van der Waals surface area (Å²) in [6, 6.07) is 8.63. The molecule has 1 unspecified atom stereocenters. The molecular formula is C28H28B2BrN7O2S. The number of nitrogens with zero attached hydrogens (tertiary/aromatic N) is 6. The van der Waals surface area contributed by atoms with E-state index in [1.165, 1.54) is 22.7 Å². The lowest BCUT2D eigenvalue weighted by atomic mass is 9.82. The van der Waals surface area contributed by atoms with Crippen molar-refractivity contribution < 1.29 is 9.59 Å². The summed E-state index contributed by atoms with van der Waals surface area (Å²) < 4.78 is 0.459. The van der Waals surface area contributed by atoms with Crippen molar-refractivity contribution in [2.75, 3.05) is 43.6 Å². The van der Waals surface area contributed by atoms with Gasteiger partial charge in [0.25, 0.3) is 0 Å². The maximum absolute atomic E-state index is 12.9. The van der Waals surface area contributed by atoms with Gasteiger partial charge in [-0.25, -0.2) is 9.97 Å². The van der Waals surface area contributed by atoms with E-state index in [0.717, 1.165) is 4.90 Å². The van der Waals surface area contributed by atoms with E-state index in [1.54, 1.807) is 42.4 Å². The van der Waals surface area contributed by atoms with Crippen LogP contribution in [-0.4, -0.2) is 92.6 Å². The number of amidine groups is 1. The predicted molar refractivity (Wildman–Crippen MR) is 172 cm³/mol. The SMILES string of the molecule is [B]c1cc(C(=NC)N2CCN(C(=O)C=C)CC2C)c(N(C=O)c2c(SC)ccnc2Br)nc1-c1c([B])cccc1N. The van der Waals surface area contributed by atoms with E-state index in [9.17, 15) is 9.59 Å². The van der Waals surface area contributed by atoms with E-state index in [1.807, 2.05) is 19.2 Å². The number of amides is 2. The van der Waals surface area contributed by atoms with Gasteiger partial charge in [0.2, 0.25) is 12.3 Å². The van der Waals surface area contributed by atoms with Gasteiger partial charge in [-0.1, -0.05) is 35.7 Å². The Morgan fingerprint density at radius 3 is 2.66 bits per heavy atom. The van der Waals surface area contributed by atoms with Crippen molar-refractivity contribution in [2.45, 2.75) is 17.9 Å².